The molecule has 0 bridgehead atoms. The zero-order chi connectivity index (χ0) is 15.0. The van der Waals surface area contributed by atoms with Gasteiger partial charge < -0.3 is 19.8 Å². The third kappa shape index (κ3) is 157. The molecule has 0 amide bonds. The summed E-state index contributed by atoms with van der Waals surface area (Å²) in [6.07, 6.45) is 0. The van der Waals surface area contributed by atoms with Crippen molar-refractivity contribution in [3.05, 3.63) is 43.1 Å². The van der Waals surface area contributed by atoms with Crippen LogP contribution >= 0.6 is 0 Å². The first-order valence-corrected chi connectivity index (χ1v) is 4.29. The smallest absolute Gasteiger partial charge is 0.550 e. The molecule has 1 rings (SSSR count). The summed E-state index contributed by atoms with van der Waals surface area (Å²) in [6, 6.07) is 12.5. The number of rotatable bonds is 0. The van der Waals surface area contributed by atoms with Gasteiger partial charge in [-0.15, -0.1) is 0 Å². The molecule has 19 heavy (non-hydrogen) atoms. The summed E-state index contributed by atoms with van der Waals surface area (Å²) in [6.45, 7) is -1.14. The third-order valence-electron chi connectivity index (χ3n) is 0.607. The number of carboxylic acid groups (broad SMARTS) is 2. The largest absolute Gasteiger partial charge is 2.00 e. The maximum Gasteiger partial charge on any atom is 2.00 e. The monoisotopic (exact) mass is 472 g/mol. The maximum atomic E-state index is 9.58. The van der Waals surface area contributed by atoms with Crippen LogP contribution in [0.5, 0.6) is 0 Å². The fourth-order valence-corrected chi connectivity index (χ4v) is 0.342. The zero-order valence-corrected chi connectivity index (χ0v) is 14.0. The van der Waals surface area contributed by atoms with Gasteiger partial charge in [0.05, 0.1) is 0 Å². The topological polar surface area (TPSA) is 80.3 Å². The Bertz CT molecular complexity index is 248. The van der Waals surface area contributed by atoms with Crippen molar-refractivity contribution in [2.75, 3.05) is 0 Å². The number of hydrogen-bond acceptors (Lipinski definition) is 4. The van der Waals surface area contributed by atoms with Crippen molar-refractivity contribution in [3.63, 3.8) is 0 Å². The Hall–Kier alpha value is -1.13. The van der Waals surface area contributed by atoms with Crippen LogP contribution in [0.1, 0.15) is 13.8 Å². The molecular weight excluding hydrogens is 460 g/mol. The number of aliphatic carboxylic acids is 2. The Morgan fingerprint density at radius 1 is 0.895 bits per heavy atom. The van der Waals surface area contributed by atoms with E-state index in [0.29, 0.717) is 0 Å². The SMILES string of the molecule is CC(=O)[O-].CC(=O)[O-].F[C](F)F.[Pb+2].[c]1ccccc1. The third-order valence-corrected chi connectivity index (χ3v) is 0.607. The Balaban J connectivity index is -0.0000000796. The molecule has 8 heteroatoms. The second-order valence-electron chi connectivity index (χ2n) is 2.27. The summed E-state index contributed by atoms with van der Waals surface area (Å²) >= 11 is 0. The summed E-state index contributed by atoms with van der Waals surface area (Å²) in [5, 5.41) is 17.8. The molecule has 1 aromatic rings. The van der Waals surface area contributed by atoms with Gasteiger partial charge in [0.15, 0.2) is 0 Å². The number of halogens is 3. The minimum Gasteiger partial charge on any atom is -0.550 e. The number of hydrogen-bond donors (Lipinski definition) is 0. The van der Waals surface area contributed by atoms with E-state index in [4.69, 9.17) is 19.8 Å². The molecule has 0 atom stereocenters. The number of benzene rings is 1. The number of carbonyl (C=O) groups excluding carboxylic acids is 2. The first-order valence-electron chi connectivity index (χ1n) is 4.29. The van der Waals surface area contributed by atoms with Crippen molar-refractivity contribution in [1.82, 2.24) is 0 Å². The van der Waals surface area contributed by atoms with Gasteiger partial charge in [-0.2, -0.15) is 13.2 Å². The number of carboxylic acids is 2. The van der Waals surface area contributed by atoms with Gasteiger partial charge in [-0.3, -0.25) is 0 Å². The summed E-state index contributed by atoms with van der Waals surface area (Å²) in [7, 11) is 0. The summed E-state index contributed by atoms with van der Waals surface area (Å²) in [5.74, 6) is -2.17. The summed E-state index contributed by atoms with van der Waals surface area (Å²) in [4.78, 5) is 17.8. The van der Waals surface area contributed by atoms with Gasteiger partial charge in [-0.05, 0) is 19.9 Å². The maximum absolute atomic E-state index is 9.58. The molecule has 4 nitrogen and oxygen atoms in total. The van der Waals surface area contributed by atoms with Crippen LogP contribution in [0.15, 0.2) is 30.3 Å². The van der Waals surface area contributed by atoms with Gasteiger partial charge >= 0.3 is 34.0 Å². The quantitative estimate of drug-likeness (QED) is 0.498. The first-order chi connectivity index (χ1) is 8.20. The van der Waals surface area contributed by atoms with E-state index in [1.165, 1.54) is 0 Å². The molecule has 0 aliphatic carbocycles. The fourth-order valence-electron chi connectivity index (χ4n) is 0.342. The van der Waals surface area contributed by atoms with Gasteiger partial charge in [0.1, 0.15) is 0 Å². The van der Waals surface area contributed by atoms with E-state index >= 15 is 0 Å². The fraction of sp³-hybridized carbons (Fsp3) is 0.182. The van der Waals surface area contributed by atoms with Crippen molar-refractivity contribution in [3.8, 4) is 0 Å². The van der Waals surface area contributed by atoms with E-state index in [0.717, 1.165) is 13.8 Å². The van der Waals surface area contributed by atoms with E-state index in [2.05, 4.69) is 6.07 Å². The Morgan fingerprint density at radius 2 is 1.11 bits per heavy atom. The van der Waals surface area contributed by atoms with Crippen molar-refractivity contribution in [1.29, 1.82) is 0 Å². The van der Waals surface area contributed by atoms with Gasteiger partial charge in [-0.1, -0.05) is 30.3 Å². The van der Waals surface area contributed by atoms with Crippen LogP contribution in [0.3, 0.4) is 0 Å². The van der Waals surface area contributed by atoms with E-state index in [9.17, 15) is 13.2 Å². The molecule has 1 aromatic carbocycles. The Kier molecular flexibility index (Phi) is 30.7. The average Bonchev–Trinajstić information content (AvgIpc) is 2.17. The van der Waals surface area contributed by atoms with E-state index in [1.54, 1.807) is 0 Å². The minimum atomic E-state index is -3.08. The van der Waals surface area contributed by atoms with Crippen LogP contribution < -0.4 is 10.2 Å². The number of carbonyl (C=O) groups is 2. The molecule has 0 aliphatic heterocycles. The van der Waals surface area contributed by atoms with Crippen LogP contribution in [0.4, 0.5) is 13.2 Å². The van der Waals surface area contributed by atoms with Crippen LogP contribution in [-0.2, 0) is 9.59 Å². The molecule has 0 unspecified atom stereocenters. The molecule has 0 spiro atoms. The van der Waals surface area contributed by atoms with Crippen LogP contribution in [-0.4, -0.2) is 39.2 Å². The van der Waals surface area contributed by atoms with Gasteiger partial charge in [0, 0.05) is 11.9 Å². The molecule has 104 valence electrons. The van der Waals surface area contributed by atoms with Crippen molar-refractivity contribution in [2.45, 2.75) is 13.8 Å². The molecular formula is C11H11F3O4Pb. The van der Waals surface area contributed by atoms with E-state index in [1.807, 2.05) is 30.3 Å². The summed E-state index contributed by atoms with van der Waals surface area (Å²) in [5.41, 5.74) is 0. The van der Waals surface area contributed by atoms with Crippen molar-refractivity contribution >= 4 is 39.2 Å². The van der Waals surface area contributed by atoms with Crippen molar-refractivity contribution in [2.24, 2.45) is 0 Å². The molecule has 0 saturated heterocycles. The molecule has 0 aromatic heterocycles. The second kappa shape index (κ2) is 22.1. The Labute approximate surface area is 129 Å². The normalized spacial score (nSPS) is 7.05. The molecule has 0 aliphatic rings. The standard InChI is InChI=1S/C6H5.2C2H4O2.CF3.Pb/c1-2-4-6-5-3-1;2*1-2(3)4;2-1(3)4;/h1-5H;2*1H3,(H,3,4);;/q;;;;+2/p-2. The zero-order valence-electron chi connectivity index (χ0n) is 10.2. The molecule has 0 saturated carbocycles. The summed E-state index contributed by atoms with van der Waals surface area (Å²) < 4.78 is 28.8. The van der Waals surface area contributed by atoms with Crippen LogP contribution in [0.25, 0.3) is 0 Å². The van der Waals surface area contributed by atoms with E-state index in [-0.39, 0.29) is 27.3 Å². The van der Waals surface area contributed by atoms with Crippen LogP contribution in [0, 0.1) is 12.7 Å². The average molecular weight is 471 g/mol. The Morgan fingerprint density at radius 3 is 1.16 bits per heavy atom. The van der Waals surface area contributed by atoms with E-state index < -0.39 is 18.6 Å². The minimum absolute atomic E-state index is 0. The van der Waals surface area contributed by atoms with Gasteiger partial charge in [0.25, 0.3) is 0 Å². The predicted molar refractivity (Wildman–Crippen MR) is 59.0 cm³/mol. The molecule has 4 radical (unpaired) electrons. The first kappa shape index (κ1) is 26.4. The van der Waals surface area contributed by atoms with Crippen LogP contribution in [0.2, 0.25) is 0 Å². The second-order valence-corrected chi connectivity index (χ2v) is 2.27. The molecule has 0 fully saturated rings. The van der Waals surface area contributed by atoms with Gasteiger partial charge in [0.2, 0.25) is 0 Å². The van der Waals surface area contributed by atoms with Crippen molar-refractivity contribution < 1.29 is 33.0 Å². The molecule has 0 heterocycles. The van der Waals surface area contributed by atoms with Gasteiger partial charge in [-0.25, -0.2) is 0 Å². The predicted octanol–water partition coefficient (Wildman–Crippen LogP) is -0.0397. The molecule has 0 N–H and O–H groups in total.